The lowest BCUT2D eigenvalue weighted by molar-refractivity contribution is -0.114. The largest absolute Gasteiger partial charge is 0.326 e. The van der Waals surface area contributed by atoms with E-state index in [1.807, 2.05) is 24.3 Å². The second-order valence-corrected chi connectivity index (χ2v) is 6.76. The molecule has 0 aromatic heterocycles. The normalized spacial score (nSPS) is 14.2. The number of benzene rings is 2. The van der Waals surface area contributed by atoms with Gasteiger partial charge in [-0.1, -0.05) is 18.2 Å². The predicted octanol–water partition coefficient (Wildman–Crippen LogP) is 2.87. The zero-order valence-electron chi connectivity index (χ0n) is 15.8. The Hall–Kier alpha value is -3.37. The predicted molar refractivity (Wildman–Crippen MR) is 108 cm³/mol. The van der Waals surface area contributed by atoms with Crippen molar-refractivity contribution in [3.05, 3.63) is 59.7 Å². The van der Waals surface area contributed by atoms with Crippen LogP contribution < -0.4 is 10.6 Å². The second kappa shape index (κ2) is 9.02. The number of carbonyl (C=O) groups is 2. The molecule has 0 unspecified atom stereocenters. The fraction of sp³-hybridized carbons (Fsp3) is 0.286. The van der Waals surface area contributed by atoms with E-state index in [0.29, 0.717) is 30.0 Å². The molecule has 144 valence electrons. The van der Waals surface area contributed by atoms with E-state index in [9.17, 15) is 9.59 Å². The number of nitriles is 1. The third kappa shape index (κ3) is 5.32. The highest BCUT2D eigenvalue weighted by Crippen LogP contribution is 2.16. The van der Waals surface area contributed by atoms with Crippen LogP contribution in [0.2, 0.25) is 0 Å². The maximum atomic E-state index is 12.5. The highest BCUT2D eigenvalue weighted by Gasteiger charge is 2.21. The number of nitrogens with zero attached hydrogens (tertiary/aromatic N) is 3. The summed E-state index contributed by atoms with van der Waals surface area (Å²) < 4.78 is 0. The lowest BCUT2D eigenvalue weighted by Gasteiger charge is -2.34. The van der Waals surface area contributed by atoms with Gasteiger partial charge in [0, 0.05) is 51.0 Å². The standard InChI is InChI=1S/C21H23N5O2/c1-16(27)23-19-3-2-4-20(13-19)24-21(28)26-11-9-25(10-12-26)15-18-7-5-17(14-22)6-8-18/h2-8,13H,9-12,15H2,1H3,(H,23,27)(H,24,28). The van der Waals surface area contributed by atoms with Crippen LogP contribution >= 0.6 is 0 Å². The molecular weight excluding hydrogens is 354 g/mol. The zero-order chi connectivity index (χ0) is 19.9. The van der Waals surface area contributed by atoms with Crippen molar-refractivity contribution in [3.8, 4) is 6.07 Å². The second-order valence-electron chi connectivity index (χ2n) is 6.76. The summed E-state index contributed by atoms with van der Waals surface area (Å²) in [5, 5.41) is 14.5. The van der Waals surface area contributed by atoms with Gasteiger partial charge in [-0.25, -0.2) is 4.79 Å². The summed E-state index contributed by atoms with van der Waals surface area (Å²) in [4.78, 5) is 27.8. The van der Waals surface area contributed by atoms with Gasteiger partial charge in [-0.05, 0) is 35.9 Å². The summed E-state index contributed by atoms with van der Waals surface area (Å²) in [6, 6.07) is 16.7. The minimum absolute atomic E-state index is 0.141. The van der Waals surface area contributed by atoms with Crippen LogP contribution in [-0.2, 0) is 11.3 Å². The molecule has 1 aliphatic rings. The Balaban J connectivity index is 1.49. The van der Waals surface area contributed by atoms with Crippen molar-refractivity contribution in [1.82, 2.24) is 9.80 Å². The fourth-order valence-electron chi connectivity index (χ4n) is 3.13. The third-order valence-corrected chi connectivity index (χ3v) is 4.58. The summed E-state index contributed by atoms with van der Waals surface area (Å²) in [7, 11) is 0. The van der Waals surface area contributed by atoms with Crippen molar-refractivity contribution >= 4 is 23.3 Å². The van der Waals surface area contributed by atoms with E-state index in [-0.39, 0.29) is 11.9 Å². The molecule has 2 aromatic rings. The molecule has 0 bridgehead atoms. The van der Waals surface area contributed by atoms with Gasteiger partial charge in [-0.3, -0.25) is 9.69 Å². The van der Waals surface area contributed by atoms with Crippen molar-refractivity contribution in [2.24, 2.45) is 0 Å². The van der Waals surface area contributed by atoms with Crippen molar-refractivity contribution in [3.63, 3.8) is 0 Å². The number of amides is 3. The van der Waals surface area contributed by atoms with Gasteiger partial charge < -0.3 is 15.5 Å². The minimum Gasteiger partial charge on any atom is -0.326 e. The van der Waals surface area contributed by atoms with Crippen LogP contribution in [0.5, 0.6) is 0 Å². The monoisotopic (exact) mass is 377 g/mol. The van der Waals surface area contributed by atoms with Gasteiger partial charge in [-0.15, -0.1) is 0 Å². The van der Waals surface area contributed by atoms with Gasteiger partial charge in [0.2, 0.25) is 5.91 Å². The Morgan fingerprint density at radius 2 is 1.64 bits per heavy atom. The van der Waals surface area contributed by atoms with Gasteiger partial charge in [0.15, 0.2) is 0 Å². The maximum absolute atomic E-state index is 12.5. The Bertz CT molecular complexity index is 880. The molecule has 0 saturated carbocycles. The highest BCUT2D eigenvalue weighted by molar-refractivity contribution is 5.92. The number of hydrogen-bond donors (Lipinski definition) is 2. The van der Waals surface area contributed by atoms with E-state index in [2.05, 4.69) is 21.6 Å². The van der Waals surface area contributed by atoms with E-state index in [1.165, 1.54) is 6.92 Å². The molecule has 1 saturated heterocycles. The number of anilines is 2. The molecule has 1 aliphatic heterocycles. The molecule has 1 fully saturated rings. The van der Waals surface area contributed by atoms with Crippen LogP contribution in [0, 0.1) is 11.3 Å². The van der Waals surface area contributed by atoms with Crippen molar-refractivity contribution in [2.75, 3.05) is 36.8 Å². The van der Waals surface area contributed by atoms with Gasteiger partial charge >= 0.3 is 6.03 Å². The average Bonchev–Trinajstić information content (AvgIpc) is 2.69. The molecule has 0 radical (unpaired) electrons. The Kier molecular flexibility index (Phi) is 6.25. The van der Waals surface area contributed by atoms with Gasteiger partial charge in [-0.2, -0.15) is 5.26 Å². The summed E-state index contributed by atoms with van der Waals surface area (Å²) in [6.45, 7) is 5.13. The molecular formula is C21H23N5O2. The lowest BCUT2D eigenvalue weighted by Crippen LogP contribution is -2.49. The van der Waals surface area contributed by atoms with Crippen LogP contribution in [-0.4, -0.2) is 47.9 Å². The molecule has 3 rings (SSSR count). The Labute approximate surface area is 164 Å². The molecule has 0 spiro atoms. The van der Waals surface area contributed by atoms with Gasteiger partial charge in [0.25, 0.3) is 0 Å². The van der Waals surface area contributed by atoms with Gasteiger partial charge in [0.05, 0.1) is 11.6 Å². The first-order valence-electron chi connectivity index (χ1n) is 9.18. The number of piperazine rings is 1. The van der Waals surface area contributed by atoms with Crippen LogP contribution in [0.4, 0.5) is 16.2 Å². The minimum atomic E-state index is -0.151. The lowest BCUT2D eigenvalue weighted by atomic mass is 10.1. The quantitative estimate of drug-likeness (QED) is 0.857. The van der Waals surface area contributed by atoms with Crippen LogP contribution in [0.1, 0.15) is 18.1 Å². The summed E-state index contributed by atoms with van der Waals surface area (Å²) in [5.41, 5.74) is 3.12. The number of carbonyl (C=O) groups excluding carboxylic acids is 2. The first-order valence-corrected chi connectivity index (χ1v) is 9.18. The Morgan fingerprint density at radius 3 is 2.25 bits per heavy atom. The summed E-state index contributed by atoms with van der Waals surface area (Å²) >= 11 is 0. The van der Waals surface area contributed by atoms with Crippen LogP contribution in [0.15, 0.2) is 48.5 Å². The maximum Gasteiger partial charge on any atom is 0.321 e. The van der Waals surface area contributed by atoms with Crippen LogP contribution in [0.25, 0.3) is 0 Å². The molecule has 7 nitrogen and oxygen atoms in total. The van der Waals surface area contributed by atoms with Crippen molar-refractivity contribution in [2.45, 2.75) is 13.5 Å². The van der Waals surface area contributed by atoms with E-state index in [0.717, 1.165) is 25.2 Å². The van der Waals surface area contributed by atoms with Crippen molar-refractivity contribution < 1.29 is 9.59 Å². The first-order chi connectivity index (χ1) is 13.5. The average molecular weight is 377 g/mol. The Morgan fingerprint density at radius 1 is 1.00 bits per heavy atom. The van der Waals surface area contributed by atoms with Crippen LogP contribution in [0.3, 0.4) is 0 Å². The molecule has 0 atom stereocenters. The first kappa shape index (κ1) is 19.4. The van der Waals surface area contributed by atoms with E-state index < -0.39 is 0 Å². The number of urea groups is 1. The highest BCUT2D eigenvalue weighted by atomic mass is 16.2. The number of hydrogen-bond acceptors (Lipinski definition) is 4. The zero-order valence-corrected chi connectivity index (χ0v) is 15.8. The fourth-order valence-corrected chi connectivity index (χ4v) is 3.13. The molecule has 7 heteroatoms. The third-order valence-electron chi connectivity index (χ3n) is 4.58. The molecule has 3 amide bonds. The molecule has 2 N–H and O–H groups in total. The topological polar surface area (TPSA) is 88.5 Å². The summed E-state index contributed by atoms with van der Waals surface area (Å²) in [5.74, 6) is -0.151. The molecule has 28 heavy (non-hydrogen) atoms. The van der Waals surface area contributed by atoms with E-state index in [4.69, 9.17) is 5.26 Å². The molecule has 1 heterocycles. The van der Waals surface area contributed by atoms with Crippen molar-refractivity contribution in [1.29, 1.82) is 5.26 Å². The van der Waals surface area contributed by atoms with E-state index >= 15 is 0 Å². The number of rotatable bonds is 4. The summed E-state index contributed by atoms with van der Waals surface area (Å²) in [6.07, 6.45) is 0. The smallest absolute Gasteiger partial charge is 0.321 e. The van der Waals surface area contributed by atoms with E-state index in [1.54, 1.807) is 29.2 Å². The van der Waals surface area contributed by atoms with Gasteiger partial charge in [0.1, 0.15) is 0 Å². The number of nitrogens with one attached hydrogen (secondary N) is 2. The molecule has 0 aliphatic carbocycles. The SMILES string of the molecule is CC(=O)Nc1cccc(NC(=O)N2CCN(Cc3ccc(C#N)cc3)CC2)c1. The molecule has 2 aromatic carbocycles.